The van der Waals surface area contributed by atoms with Gasteiger partial charge in [0.05, 0.1) is 10.4 Å². The Balaban J connectivity index is 2.00. The van der Waals surface area contributed by atoms with Crippen molar-refractivity contribution in [3.05, 3.63) is 29.6 Å². The predicted molar refractivity (Wildman–Crippen MR) is 78.5 cm³/mol. The van der Waals surface area contributed by atoms with Crippen molar-refractivity contribution < 1.29 is 4.79 Å². The minimum absolute atomic E-state index is 0.0434. The lowest BCUT2D eigenvalue weighted by atomic mass is 9.85. The topological polar surface area (TPSA) is 68.0 Å². The molecule has 1 aliphatic carbocycles. The Morgan fingerprint density at radius 1 is 1.47 bits per heavy atom. The van der Waals surface area contributed by atoms with E-state index < -0.39 is 5.41 Å². The largest absolute Gasteiger partial charge is 0.392 e. The molecule has 5 heteroatoms. The molecule has 0 unspecified atom stereocenters. The smallest absolute Gasteiger partial charge is 0.233 e. The minimum Gasteiger partial charge on any atom is -0.392 e. The molecular weight excluding hydrogens is 258 g/mol. The molecule has 1 saturated carbocycles. The van der Waals surface area contributed by atoms with E-state index in [1.807, 2.05) is 19.1 Å². The van der Waals surface area contributed by atoms with E-state index in [0.29, 0.717) is 11.5 Å². The molecule has 0 aliphatic heterocycles. The first-order chi connectivity index (χ1) is 9.04. The number of nitrogens with one attached hydrogen (secondary N) is 1. The van der Waals surface area contributed by atoms with Crippen molar-refractivity contribution in [2.24, 2.45) is 11.1 Å². The summed E-state index contributed by atoms with van der Waals surface area (Å²) in [5.74, 6) is -0.0434. The SMILES string of the molecule is Cc1ccc(CNC(=O)C2(C(N)=S)CCCC2)cn1. The molecule has 0 spiro atoms. The fourth-order valence-corrected chi connectivity index (χ4v) is 2.82. The van der Waals surface area contributed by atoms with E-state index in [4.69, 9.17) is 18.0 Å². The van der Waals surface area contributed by atoms with Crippen LogP contribution < -0.4 is 11.1 Å². The molecule has 0 aromatic carbocycles. The molecule has 0 saturated heterocycles. The van der Waals surface area contributed by atoms with Crippen LogP contribution in [-0.4, -0.2) is 15.9 Å². The second-order valence-corrected chi connectivity index (χ2v) is 5.58. The fraction of sp³-hybridized carbons (Fsp3) is 0.500. The number of hydrogen-bond acceptors (Lipinski definition) is 3. The third-order valence-corrected chi connectivity index (χ3v) is 4.18. The third-order valence-electron chi connectivity index (χ3n) is 3.79. The predicted octanol–water partition coefficient (Wildman–Crippen LogP) is 1.85. The van der Waals surface area contributed by atoms with Gasteiger partial charge in [0.25, 0.3) is 0 Å². The molecule has 1 aromatic rings. The molecule has 1 amide bonds. The monoisotopic (exact) mass is 277 g/mol. The standard InChI is InChI=1S/C14H19N3OS/c1-10-4-5-11(8-16-10)9-17-13(18)14(12(15)19)6-2-3-7-14/h4-5,8H,2-3,6-7,9H2,1H3,(H2,15,19)(H,17,18). The van der Waals surface area contributed by atoms with E-state index in [0.717, 1.165) is 36.9 Å². The van der Waals surface area contributed by atoms with Crippen LogP contribution in [0.1, 0.15) is 36.9 Å². The van der Waals surface area contributed by atoms with Crippen LogP contribution in [0.3, 0.4) is 0 Å². The first kappa shape index (κ1) is 13.9. The van der Waals surface area contributed by atoms with Gasteiger partial charge < -0.3 is 11.1 Å². The quantitative estimate of drug-likeness (QED) is 0.824. The van der Waals surface area contributed by atoms with Crippen molar-refractivity contribution in [2.75, 3.05) is 0 Å². The Morgan fingerprint density at radius 3 is 2.68 bits per heavy atom. The molecule has 2 rings (SSSR count). The maximum atomic E-state index is 12.3. The number of thiocarbonyl (C=S) groups is 1. The van der Waals surface area contributed by atoms with Gasteiger partial charge in [-0.25, -0.2) is 0 Å². The summed E-state index contributed by atoms with van der Waals surface area (Å²) in [6.07, 6.45) is 5.33. The van der Waals surface area contributed by atoms with Crippen LogP contribution in [0.25, 0.3) is 0 Å². The highest BCUT2D eigenvalue weighted by Gasteiger charge is 2.43. The van der Waals surface area contributed by atoms with Gasteiger partial charge in [0, 0.05) is 18.4 Å². The Kier molecular flexibility index (Phi) is 4.14. The number of aryl methyl sites for hydroxylation is 1. The maximum absolute atomic E-state index is 12.3. The highest BCUT2D eigenvalue weighted by atomic mass is 32.1. The lowest BCUT2D eigenvalue weighted by Gasteiger charge is -2.26. The highest BCUT2D eigenvalue weighted by Crippen LogP contribution is 2.38. The molecule has 1 fully saturated rings. The van der Waals surface area contributed by atoms with Crippen LogP contribution in [0.2, 0.25) is 0 Å². The molecule has 0 atom stereocenters. The van der Waals surface area contributed by atoms with E-state index in [2.05, 4.69) is 10.3 Å². The molecular formula is C14H19N3OS. The van der Waals surface area contributed by atoms with Crippen molar-refractivity contribution >= 4 is 23.1 Å². The van der Waals surface area contributed by atoms with Crippen LogP contribution >= 0.6 is 12.2 Å². The summed E-state index contributed by atoms with van der Waals surface area (Å²) in [6, 6.07) is 3.89. The summed E-state index contributed by atoms with van der Waals surface area (Å²) in [6.45, 7) is 2.40. The first-order valence-electron chi connectivity index (χ1n) is 6.54. The van der Waals surface area contributed by atoms with Crippen molar-refractivity contribution in [3.63, 3.8) is 0 Å². The second-order valence-electron chi connectivity index (χ2n) is 5.14. The van der Waals surface area contributed by atoms with Crippen molar-refractivity contribution in [2.45, 2.75) is 39.2 Å². The average molecular weight is 277 g/mol. The summed E-state index contributed by atoms with van der Waals surface area (Å²) in [5.41, 5.74) is 7.09. The number of carbonyl (C=O) groups excluding carboxylic acids is 1. The summed E-state index contributed by atoms with van der Waals surface area (Å²) in [4.78, 5) is 16.9. The molecule has 19 heavy (non-hydrogen) atoms. The Labute approximate surface area is 118 Å². The van der Waals surface area contributed by atoms with Gasteiger partial charge in [-0.2, -0.15) is 0 Å². The zero-order valence-electron chi connectivity index (χ0n) is 11.1. The van der Waals surface area contributed by atoms with Crippen LogP contribution in [0.5, 0.6) is 0 Å². The van der Waals surface area contributed by atoms with Crippen LogP contribution in [0.15, 0.2) is 18.3 Å². The fourth-order valence-electron chi connectivity index (χ4n) is 2.52. The molecule has 0 radical (unpaired) electrons. The number of amides is 1. The molecule has 1 aliphatic rings. The number of hydrogen-bond donors (Lipinski definition) is 2. The van der Waals surface area contributed by atoms with Gasteiger partial charge in [-0.15, -0.1) is 0 Å². The number of rotatable bonds is 4. The van der Waals surface area contributed by atoms with E-state index in [1.165, 1.54) is 0 Å². The van der Waals surface area contributed by atoms with Gasteiger partial charge in [-0.3, -0.25) is 9.78 Å². The molecule has 102 valence electrons. The van der Waals surface area contributed by atoms with E-state index in [9.17, 15) is 4.79 Å². The van der Waals surface area contributed by atoms with E-state index in [-0.39, 0.29) is 5.91 Å². The molecule has 1 heterocycles. The summed E-state index contributed by atoms with van der Waals surface area (Å²) in [5, 5.41) is 2.94. The Morgan fingerprint density at radius 2 is 2.16 bits per heavy atom. The summed E-state index contributed by atoms with van der Waals surface area (Å²) in [7, 11) is 0. The van der Waals surface area contributed by atoms with Gasteiger partial charge in [-0.05, 0) is 31.4 Å². The average Bonchev–Trinajstić information content (AvgIpc) is 2.88. The van der Waals surface area contributed by atoms with Crippen LogP contribution in [0.4, 0.5) is 0 Å². The number of nitrogens with zero attached hydrogens (tertiary/aromatic N) is 1. The lowest BCUT2D eigenvalue weighted by molar-refractivity contribution is -0.127. The van der Waals surface area contributed by atoms with Gasteiger partial charge in [0.1, 0.15) is 0 Å². The number of nitrogens with two attached hydrogens (primary N) is 1. The number of pyridine rings is 1. The number of aromatic nitrogens is 1. The Bertz CT molecular complexity index is 478. The van der Waals surface area contributed by atoms with Crippen molar-refractivity contribution in [1.29, 1.82) is 0 Å². The van der Waals surface area contributed by atoms with E-state index >= 15 is 0 Å². The first-order valence-corrected chi connectivity index (χ1v) is 6.95. The summed E-state index contributed by atoms with van der Waals surface area (Å²) >= 11 is 5.10. The van der Waals surface area contributed by atoms with Crippen molar-refractivity contribution in [3.8, 4) is 0 Å². The van der Waals surface area contributed by atoms with Gasteiger partial charge in [0.2, 0.25) is 5.91 Å². The lowest BCUT2D eigenvalue weighted by Crippen LogP contribution is -2.46. The zero-order valence-corrected chi connectivity index (χ0v) is 11.9. The van der Waals surface area contributed by atoms with Gasteiger partial charge in [-0.1, -0.05) is 31.1 Å². The second kappa shape index (κ2) is 5.65. The van der Waals surface area contributed by atoms with Crippen molar-refractivity contribution in [1.82, 2.24) is 10.3 Å². The molecule has 0 bridgehead atoms. The van der Waals surface area contributed by atoms with Crippen LogP contribution in [0, 0.1) is 12.3 Å². The molecule has 1 aromatic heterocycles. The molecule has 4 nitrogen and oxygen atoms in total. The van der Waals surface area contributed by atoms with Gasteiger partial charge in [0.15, 0.2) is 0 Å². The third kappa shape index (κ3) is 2.92. The van der Waals surface area contributed by atoms with E-state index in [1.54, 1.807) is 6.20 Å². The molecule has 3 N–H and O–H groups in total. The van der Waals surface area contributed by atoms with Crippen LogP contribution in [-0.2, 0) is 11.3 Å². The maximum Gasteiger partial charge on any atom is 0.233 e. The minimum atomic E-state index is -0.631. The highest BCUT2D eigenvalue weighted by molar-refractivity contribution is 7.80. The summed E-state index contributed by atoms with van der Waals surface area (Å²) < 4.78 is 0. The van der Waals surface area contributed by atoms with Gasteiger partial charge >= 0.3 is 0 Å². The normalized spacial score (nSPS) is 17.1. The number of carbonyl (C=O) groups is 1. The zero-order chi connectivity index (χ0) is 13.9. The Hall–Kier alpha value is -1.49.